The third kappa shape index (κ3) is 3.51. The molecule has 7 heteroatoms. The molecule has 1 aromatic carbocycles. The first kappa shape index (κ1) is 18.9. The normalized spacial score (nSPS) is 19.1. The molecule has 25 heavy (non-hydrogen) atoms. The van der Waals surface area contributed by atoms with Crippen molar-refractivity contribution in [2.45, 2.75) is 45.8 Å². The molecule has 0 bridgehead atoms. The second-order valence-electron chi connectivity index (χ2n) is 6.90. The highest BCUT2D eigenvalue weighted by Crippen LogP contribution is 2.27. The number of benzene rings is 1. The number of carbonyl (C=O) groups is 3. The van der Waals surface area contributed by atoms with Gasteiger partial charge in [0, 0.05) is 18.7 Å². The number of hydrogen-bond donors (Lipinski definition) is 2. The van der Waals surface area contributed by atoms with Crippen molar-refractivity contribution >= 4 is 17.7 Å². The van der Waals surface area contributed by atoms with Crippen LogP contribution in [0.4, 0.5) is 0 Å². The average molecular weight is 346 g/mol. The van der Waals surface area contributed by atoms with Crippen LogP contribution in [0.1, 0.15) is 49.7 Å². The van der Waals surface area contributed by atoms with Crippen LogP contribution in [0.5, 0.6) is 0 Å². The summed E-state index contributed by atoms with van der Waals surface area (Å²) in [6.07, 6.45) is 0. The Morgan fingerprint density at radius 3 is 2.32 bits per heavy atom. The van der Waals surface area contributed by atoms with Crippen LogP contribution in [0.3, 0.4) is 0 Å². The van der Waals surface area contributed by atoms with E-state index in [0.717, 1.165) is 0 Å². The molecule has 1 aliphatic rings. The Labute approximate surface area is 148 Å². The molecule has 0 saturated heterocycles. The van der Waals surface area contributed by atoms with Gasteiger partial charge in [0.05, 0.1) is 6.04 Å². The molecule has 136 valence electrons. The minimum Gasteiger partial charge on any atom is -0.339 e. The zero-order valence-electron chi connectivity index (χ0n) is 15.3. The van der Waals surface area contributed by atoms with Gasteiger partial charge in [-0.25, -0.2) is 5.01 Å². The van der Waals surface area contributed by atoms with E-state index in [9.17, 15) is 14.4 Å². The minimum absolute atomic E-state index is 0.0670. The fourth-order valence-corrected chi connectivity index (χ4v) is 2.89. The van der Waals surface area contributed by atoms with E-state index in [1.807, 2.05) is 27.7 Å². The van der Waals surface area contributed by atoms with Crippen molar-refractivity contribution in [3.05, 3.63) is 35.4 Å². The molecule has 7 nitrogen and oxygen atoms in total. The number of hydrogen-bond acceptors (Lipinski definition) is 4. The molecular weight excluding hydrogens is 320 g/mol. The van der Waals surface area contributed by atoms with Crippen molar-refractivity contribution in [3.8, 4) is 0 Å². The Bertz CT molecular complexity index is 687. The summed E-state index contributed by atoms with van der Waals surface area (Å²) in [5.74, 6) is -1.13. The number of hydrazine groups is 1. The van der Waals surface area contributed by atoms with Gasteiger partial charge in [-0.15, -0.1) is 0 Å². The molecule has 0 aromatic heterocycles. The van der Waals surface area contributed by atoms with E-state index >= 15 is 0 Å². The van der Waals surface area contributed by atoms with E-state index in [1.165, 1.54) is 17.1 Å². The number of nitrogens with zero attached hydrogens (tertiary/aromatic N) is 2. The standard InChI is InChI=1S/C18H26N4O3/c1-10(2)14(19)16(23)20-15-12-8-6-7-9-13(12)17(24)22(11(3)4)21(5)18(15)25/h6-11,14-15H,19H2,1-5H3,(H,20,23)/t14-,15-/m0/s1. The SMILES string of the molecule is CC(C)[C@H](N)C(=O)N[C@@H]1C(=O)N(C)N(C(C)C)C(=O)c2ccccc21. The van der Waals surface area contributed by atoms with Gasteiger partial charge in [0.1, 0.15) is 6.04 Å². The van der Waals surface area contributed by atoms with E-state index in [0.29, 0.717) is 11.1 Å². The average Bonchev–Trinajstić information content (AvgIpc) is 2.64. The van der Waals surface area contributed by atoms with Crippen LogP contribution in [0.25, 0.3) is 0 Å². The number of carbonyl (C=O) groups excluding carboxylic acids is 3. The zero-order chi connectivity index (χ0) is 18.9. The van der Waals surface area contributed by atoms with Gasteiger partial charge < -0.3 is 11.1 Å². The highest BCUT2D eigenvalue weighted by Gasteiger charge is 2.39. The summed E-state index contributed by atoms with van der Waals surface area (Å²) in [6.45, 7) is 7.34. The summed E-state index contributed by atoms with van der Waals surface area (Å²) < 4.78 is 0. The van der Waals surface area contributed by atoms with Gasteiger partial charge in [0.15, 0.2) is 0 Å². The quantitative estimate of drug-likeness (QED) is 0.852. The number of nitrogens with one attached hydrogen (secondary N) is 1. The van der Waals surface area contributed by atoms with Gasteiger partial charge in [-0.2, -0.15) is 0 Å². The Balaban J connectivity index is 2.49. The van der Waals surface area contributed by atoms with Gasteiger partial charge in [-0.3, -0.25) is 19.4 Å². The summed E-state index contributed by atoms with van der Waals surface area (Å²) in [5, 5.41) is 5.40. The number of amides is 3. The highest BCUT2D eigenvalue weighted by molar-refractivity contribution is 6.02. The minimum atomic E-state index is -0.953. The molecule has 2 rings (SSSR count). The molecule has 0 saturated carbocycles. The van der Waals surface area contributed by atoms with Crippen LogP contribution in [0.2, 0.25) is 0 Å². The fourth-order valence-electron chi connectivity index (χ4n) is 2.89. The molecule has 0 spiro atoms. The maximum Gasteiger partial charge on any atom is 0.273 e. The molecule has 1 heterocycles. The molecule has 1 aliphatic heterocycles. The van der Waals surface area contributed by atoms with Crippen LogP contribution in [-0.2, 0) is 9.59 Å². The van der Waals surface area contributed by atoms with Crippen molar-refractivity contribution < 1.29 is 14.4 Å². The first-order chi connectivity index (χ1) is 11.7. The molecule has 0 unspecified atom stereocenters. The van der Waals surface area contributed by atoms with Gasteiger partial charge in [0.2, 0.25) is 5.91 Å². The topological polar surface area (TPSA) is 95.7 Å². The number of fused-ring (bicyclic) bond motifs is 1. The van der Waals surface area contributed by atoms with E-state index < -0.39 is 18.0 Å². The molecule has 3 N–H and O–H groups in total. The summed E-state index contributed by atoms with van der Waals surface area (Å²) >= 11 is 0. The molecule has 0 radical (unpaired) electrons. The molecular formula is C18H26N4O3. The van der Waals surface area contributed by atoms with Crippen LogP contribution in [0.15, 0.2) is 24.3 Å². The largest absolute Gasteiger partial charge is 0.339 e. The van der Waals surface area contributed by atoms with Crippen molar-refractivity contribution in [2.24, 2.45) is 11.7 Å². The lowest BCUT2D eigenvalue weighted by atomic mass is 9.98. The second kappa shape index (κ2) is 7.23. The molecule has 0 fully saturated rings. The Hall–Kier alpha value is -2.41. The van der Waals surface area contributed by atoms with Crippen molar-refractivity contribution in [2.75, 3.05) is 7.05 Å². The highest BCUT2D eigenvalue weighted by atomic mass is 16.2. The van der Waals surface area contributed by atoms with E-state index in [1.54, 1.807) is 24.3 Å². The van der Waals surface area contributed by atoms with Crippen molar-refractivity contribution in [3.63, 3.8) is 0 Å². The molecule has 1 aromatic rings. The Morgan fingerprint density at radius 2 is 1.76 bits per heavy atom. The summed E-state index contributed by atoms with van der Waals surface area (Å²) in [7, 11) is 1.54. The van der Waals surface area contributed by atoms with Crippen LogP contribution in [-0.4, -0.2) is 46.9 Å². The third-order valence-electron chi connectivity index (χ3n) is 4.40. The third-order valence-corrected chi connectivity index (χ3v) is 4.40. The van der Waals surface area contributed by atoms with Crippen LogP contribution < -0.4 is 11.1 Å². The molecule has 3 amide bonds. The first-order valence-corrected chi connectivity index (χ1v) is 8.42. The van der Waals surface area contributed by atoms with Gasteiger partial charge in [-0.05, 0) is 31.4 Å². The van der Waals surface area contributed by atoms with Crippen molar-refractivity contribution in [1.82, 2.24) is 15.3 Å². The number of rotatable bonds is 4. The summed E-state index contributed by atoms with van der Waals surface area (Å²) in [4.78, 5) is 38.3. The summed E-state index contributed by atoms with van der Waals surface area (Å²) in [5.41, 5.74) is 6.79. The van der Waals surface area contributed by atoms with Crippen molar-refractivity contribution in [1.29, 1.82) is 0 Å². The van der Waals surface area contributed by atoms with E-state index in [2.05, 4.69) is 5.32 Å². The molecule has 2 atom stereocenters. The lowest BCUT2D eigenvalue weighted by Gasteiger charge is -2.34. The predicted octanol–water partition coefficient (Wildman–Crippen LogP) is 1.06. The van der Waals surface area contributed by atoms with E-state index in [-0.39, 0.29) is 23.8 Å². The second-order valence-corrected chi connectivity index (χ2v) is 6.90. The predicted molar refractivity (Wildman–Crippen MR) is 94.2 cm³/mol. The van der Waals surface area contributed by atoms with Gasteiger partial charge in [-0.1, -0.05) is 32.0 Å². The van der Waals surface area contributed by atoms with Crippen LogP contribution >= 0.6 is 0 Å². The lowest BCUT2D eigenvalue weighted by molar-refractivity contribution is -0.147. The Morgan fingerprint density at radius 1 is 1.16 bits per heavy atom. The maximum atomic E-state index is 13.0. The first-order valence-electron chi connectivity index (χ1n) is 8.42. The number of nitrogens with two attached hydrogens (primary N) is 1. The summed E-state index contributed by atoms with van der Waals surface area (Å²) in [6, 6.07) is 4.95. The fraction of sp³-hybridized carbons (Fsp3) is 0.500. The van der Waals surface area contributed by atoms with Gasteiger partial charge >= 0.3 is 0 Å². The van der Waals surface area contributed by atoms with Gasteiger partial charge in [0.25, 0.3) is 11.8 Å². The van der Waals surface area contributed by atoms with E-state index in [4.69, 9.17) is 5.73 Å². The Kier molecular flexibility index (Phi) is 5.47. The molecule has 0 aliphatic carbocycles. The van der Waals surface area contributed by atoms with Crippen LogP contribution in [0, 0.1) is 5.92 Å². The number of likely N-dealkylation sites (N-methyl/N-ethyl adjacent to an activating group) is 1. The zero-order valence-corrected chi connectivity index (χ0v) is 15.3. The maximum absolute atomic E-state index is 13.0. The smallest absolute Gasteiger partial charge is 0.273 e. The monoisotopic (exact) mass is 346 g/mol. The lowest BCUT2D eigenvalue weighted by Crippen LogP contribution is -2.53.